The number of H-pyrrole nitrogens is 2. The van der Waals surface area contributed by atoms with Crippen LogP contribution in [0, 0.1) is 17.8 Å². The predicted octanol–water partition coefficient (Wildman–Crippen LogP) is 4.23. The molecule has 3 heterocycles. The summed E-state index contributed by atoms with van der Waals surface area (Å²) in [5.74, 6) is 2.04. The number of aromatic nitrogens is 3. The molecule has 3 aromatic rings. The van der Waals surface area contributed by atoms with Crippen molar-refractivity contribution in [3.05, 3.63) is 38.2 Å². The number of nitrogens with zero attached hydrogens (tertiary/aromatic N) is 1. The van der Waals surface area contributed by atoms with Crippen LogP contribution in [-0.2, 0) is 5.41 Å². The van der Waals surface area contributed by atoms with Crippen LogP contribution in [0.25, 0.3) is 20.4 Å². The summed E-state index contributed by atoms with van der Waals surface area (Å²) in [4.78, 5) is 33.8. The molecule has 4 aliphatic carbocycles. The Kier molecular flexibility index (Phi) is 3.30. The van der Waals surface area contributed by atoms with E-state index in [1.807, 2.05) is 0 Å². The SMILES string of the molecule is O=c1[nH]c(=O)c2sc3nc(C45CC6CC(CC(C6)C4)C5)cc(C(F)F)c3c2[nH]1. The van der Waals surface area contributed by atoms with Crippen molar-refractivity contribution in [3.63, 3.8) is 0 Å². The van der Waals surface area contributed by atoms with Crippen molar-refractivity contribution in [2.75, 3.05) is 0 Å². The van der Waals surface area contributed by atoms with Crippen LogP contribution in [0.5, 0.6) is 0 Å². The Hall–Kier alpha value is -2.09. The van der Waals surface area contributed by atoms with E-state index < -0.39 is 17.7 Å². The summed E-state index contributed by atoms with van der Waals surface area (Å²) >= 11 is 1.09. The fourth-order valence-electron chi connectivity index (χ4n) is 6.58. The third-order valence-corrected chi connectivity index (χ3v) is 8.26. The van der Waals surface area contributed by atoms with Crippen LogP contribution in [0.1, 0.15) is 56.2 Å². The summed E-state index contributed by atoms with van der Waals surface area (Å²) in [6.45, 7) is 0. The zero-order chi connectivity index (χ0) is 19.2. The summed E-state index contributed by atoms with van der Waals surface area (Å²) in [7, 11) is 0. The summed E-state index contributed by atoms with van der Waals surface area (Å²) in [6, 6.07) is 1.56. The van der Waals surface area contributed by atoms with Gasteiger partial charge >= 0.3 is 5.69 Å². The summed E-state index contributed by atoms with van der Waals surface area (Å²) in [5, 5.41) is 0.215. The molecular formula is C20H19F2N3O2S. The molecule has 4 bridgehead atoms. The van der Waals surface area contributed by atoms with Crippen LogP contribution in [-0.4, -0.2) is 15.0 Å². The summed E-state index contributed by atoms with van der Waals surface area (Å²) in [6.07, 6.45) is 4.19. The Morgan fingerprint density at radius 2 is 1.71 bits per heavy atom. The molecule has 4 aliphatic rings. The highest BCUT2D eigenvalue weighted by Crippen LogP contribution is 2.60. The van der Waals surface area contributed by atoms with Crippen LogP contribution in [0.2, 0.25) is 0 Å². The first kappa shape index (κ1) is 16.8. The minimum Gasteiger partial charge on any atom is -0.305 e. The van der Waals surface area contributed by atoms with E-state index in [-0.39, 0.29) is 26.6 Å². The Balaban J connectivity index is 1.63. The van der Waals surface area contributed by atoms with Gasteiger partial charge in [0, 0.05) is 22.1 Å². The number of nitrogens with one attached hydrogen (secondary N) is 2. The highest BCUT2D eigenvalue weighted by Gasteiger charge is 2.52. The smallest absolute Gasteiger partial charge is 0.305 e. The molecule has 0 aliphatic heterocycles. The second-order valence-electron chi connectivity index (χ2n) is 8.99. The molecule has 2 N–H and O–H groups in total. The van der Waals surface area contributed by atoms with E-state index in [0.29, 0.717) is 22.6 Å². The first-order valence-electron chi connectivity index (χ1n) is 9.80. The number of rotatable bonds is 2. The van der Waals surface area contributed by atoms with Gasteiger partial charge in [-0.3, -0.25) is 9.78 Å². The number of pyridine rings is 1. The van der Waals surface area contributed by atoms with Gasteiger partial charge in [0.25, 0.3) is 12.0 Å². The maximum absolute atomic E-state index is 14.1. The number of thiophene rings is 1. The van der Waals surface area contributed by atoms with Crippen molar-refractivity contribution in [3.8, 4) is 0 Å². The lowest BCUT2D eigenvalue weighted by Crippen LogP contribution is -2.49. The number of alkyl halides is 2. The van der Waals surface area contributed by atoms with Crippen LogP contribution in [0.4, 0.5) is 8.78 Å². The van der Waals surface area contributed by atoms with Crippen LogP contribution in [0.3, 0.4) is 0 Å². The third-order valence-electron chi connectivity index (χ3n) is 7.18. The van der Waals surface area contributed by atoms with Gasteiger partial charge in [0.15, 0.2) is 0 Å². The second kappa shape index (κ2) is 5.49. The van der Waals surface area contributed by atoms with Gasteiger partial charge in [-0.15, -0.1) is 11.3 Å². The average Bonchev–Trinajstić information content (AvgIpc) is 2.98. The van der Waals surface area contributed by atoms with Crippen molar-refractivity contribution in [2.45, 2.75) is 50.4 Å². The first-order chi connectivity index (χ1) is 13.4. The van der Waals surface area contributed by atoms with E-state index in [0.717, 1.165) is 36.3 Å². The van der Waals surface area contributed by atoms with Crippen molar-refractivity contribution in [2.24, 2.45) is 17.8 Å². The molecule has 146 valence electrons. The zero-order valence-corrected chi connectivity index (χ0v) is 15.9. The molecule has 0 amide bonds. The van der Waals surface area contributed by atoms with Crippen LogP contribution < -0.4 is 11.2 Å². The highest BCUT2D eigenvalue weighted by molar-refractivity contribution is 7.25. The van der Waals surface area contributed by atoms with Crippen molar-refractivity contribution >= 4 is 31.8 Å². The quantitative estimate of drug-likeness (QED) is 0.672. The lowest BCUT2D eigenvalue weighted by Gasteiger charge is -2.56. The molecule has 4 fully saturated rings. The second-order valence-corrected chi connectivity index (χ2v) is 9.99. The molecule has 3 aromatic heterocycles. The van der Waals surface area contributed by atoms with Gasteiger partial charge < -0.3 is 4.98 Å². The minimum atomic E-state index is -2.70. The molecule has 0 atom stereocenters. The molecule has 0 aromatic carbocycles. The highest BCUT2D eigenvalue weighted by atomic mass is 32.1. The van der Waals surface area contributed by atoms with Gasteiger partial charge in [0.1, 0.15) is 9.53 Å². The molecule has 7 rings (SSSR count). The molecule has 0 unspecified atom stereocenters. The number of halogens is 2. The van der Waals surface area contributed by atoms with Gasteiger partial charge in [-0.25, -0.2) is 18.6 Å². The Morgan fingerprint density at radius 3 is 2.32 bits per heavy atom. The lowest BCUT2D eigenvalue weighted by molar-refractivity contribution is -0.00717. The van der Waals surface area contributed by atoms with E-state index in [4.69, 9.17) is 4.98 Å². The van der Waals surface area contributed by atoms with E-state index in [9.17, 15) is 18.4 Å². The molecule has 4 saturated carbocycles. The fraction of sp³-hybridized carbons (Fsp3) is 0.550. The third kappa shape index (κ3) is 2.24. The maximum atomic E-state index is 14.1. The normalized spacial score (nSPS) is 31.5. The molecule has 0 radical (unpaired) electrons. The monoisotopic (exact) mass is 403 g/mol. The minimum absolute atomic E-state index is 0.109. The first-order valence-corrected chi connectivity index (χ1v) is 10.6. The maximum Gasteiger partial charge on any atom is 0.326 e. The number of hydrogen-bond donors (Lipinski definition) is 2. The lowest BCUT2D eigenvalue weighted by atomic mass is 9.48. The summed E-state index contributed by atoms with van der Waals surface area (Å²) < 4.78 is 28.4. The van der Waals surface area contributed by atoms with Crippen molar-refractivity contribution in [1.29, 1.82) is 0 Å². The van der Waals surface area contributed by atoms with Gasteiger partial charge in [-0.05, 0) is 62.3 Å². The Bertz CT molecular complexity index is 1210. The van der Waals surface area contributed by atoms with Crippen LogP contribution >= 0.6 is 11.3 Å². The van der Waals surface area contributed by atoms with Crippen LogP contribution in [0.15, 0.2) is 15.7 Å². The largest absolute Gasteiger partial charge is 0.326 e. The van der Waals surface area contributed by atoms with E-state index in [2.05, 4.69) is 9.97 Å². The topological polar surface area (TPSA) is 78.6 Å². The van der Waals surface area contributed by atoms with Crippen molar-refractivity contribution in [1.82, 2.24) is 15.0 Å². The van der Waals surface area contributed by atoms with E-state index in [1.165, 1.54) is 19.3 Å². The molecule has 8 heteroatoms. The van der Waals surface area contributed by atoms with Gasteiger partial charge in [0.05, 0.1) is 5.52 Å². The predicted molar refractivity (Wildman–Crippen MR) is 103 cm³/mol. The fourth-order valence-corrected chi connectivity index (χ4v) is 7.64. The van der Waals surface area contributed by atoms with Crippen molar-refractivity contribution < 1.29 is 8.78 Å². The van der Waals surface area contributed by atoms with Gasteiger partial charge in [-0.1, -0.05) is 0 Å². The average molecular weight is 403 g/mol. The van der Waals surface area contributed by atoms with E-state index >= 15 is 0 Å². The number of hydrogen-bond acceptors (Lipinski definition) is 4. The Morgan fingerprint density at radius 1 is 1.07 bits per heavy atom. The molecule has 5 nitrogen and oxygen atoms in total. The summed E-state index contributed by atoms with van der Waals surface area (Å²) in [5.41, 5.74) is -0.541. The molecule has 0 saturated heterocycles. The number of fused-ring (bicyclic) bond motifs is 3. The number of aromatic amines is 2. The Labute approximate surface area is 162 Å². The molecular weight excluding hydrogens is 384 g/mol. The standard InChI is InChI=1S/C20H19F2N3O2S/c21-16(22)11-4-12(20-5-8-1-9(6-20)3-10(2-8)7-20)23-18-13(11)14-15(28-18)17(26)25-19(27)24-14/h4,8-10,16H,1-3,5-7H2,(H2,24,25,26,27). The van der Waals surface area contributed by atoms with E-state index in [1.54, 1.807) is 6.07 Å². The molecule has 28 heavy (non-hydrogen) atoms. The molecule has 0 spiro atoms. The van der Waals surface area contributed by atoms with Gasteiger partial charge in [0.2, 0.25) is 0 Å². The zero-order valence-electron chi connectivity index (χ0n) is 15.1. The van der Waals surface area contributed by atoms with Gasteiger partial charge in [-0.2, -0.15) is 0 Å².